The minimum atomic E-state index is -4.67. The van der Waals surface area contributed by atoms with Crippen molar-refractivity contribution in [3.05, 3.63) is 34.9 Å². The van der Waals surface area contributed by atoms with E-state index in [1.807, 2.05) is 5.09 Å². The van der Waals surface area contributed by atoms with Gasteiger partial charge in [-0.15, -0.1) is 0 Å². The molecule has 18 heteroatoms. The highest BCUT2D eigenvalue weighted by Crippen LogP contribution is 2.39. The van der Waals surface area contributed by atoms with Gasteiger partial charge in [0.15, 0.2) is 17.4 Å². The van der Waals surface area contributed by atoms with Gasteiger partial charge in [-0.3, -0.25) is 28.8 Å². The second-order valence-electron chi connectivity index (χ2n) is 7.74. The number of imidazole rings is 2. The van der Waals surface area contributed by atoms with E-state index < -0.39 is 56.4 Å². The number of likely N-dealkylation sites (N-methyl/N-ethyl adjacent to an activating group) is 1. The van der Waals surface area contributed by atoms with Crippen molar-refractivity contribution in [3.63, 3.8) is 0 Å². The predicted molar refractivity (Wildman–Crippen MR) is 118 cm³/mol. The van der Waals surface area contributed by atoms with E-state index in [9.17, 15) is 29.3 Å². The van der Waals surface area contributed by atoms with Gasteiger partial charge in [0.25, 0.3) is 5.56 Å². The van der Waals surface area contributed by atoms with Crippen LogP contribution >= 0.6 is 7.75 Å². The Bertz CT molecular complexity index is 1290. The molecule has 3 aromatic heterocycles. The van der Waals surface area contributed by atoms with Gasteiger partial charge in [-0.05, 0) is 7.05 Å². The van der Waals surface area contributed by atoms with Gasteiger partial charge in [0.2, 0.25) is 11.9 Å². The van der Waals surface area contributed by atoms with E-state index in [0.717, 1.165) is 0 Å². The van der Waals surface area contributed by atoms with E-state index in [1.165, 1.54) is 30.5 Å². The lowest BCUT2D eigenvalue weighted by molar-refractivity contribution is -0.121. The van der Waals surface area contributed by atoms with Gasteiger partial charge in [0.1, 0.15) is 18.3 Å². The maximum Gasteiger partial charge on any atom is 0.432 e. The molecule has 1 aliphatic heterocycles. The van der Waals surface area contributed by atoms with Gasteiger partial charge in [-0.25, -0.2) is 14.5 Å². The first-order chi connectivity index (χ1) is 16.6. The molecule has 35 heavy (non-hydrogen) atoms. The largest absolute Gasteiger partial charge is 0.432 e. The zero-order chi connectivity index (χ0) is 25.3. The van der Waals surface area contributed by atoms with E-state index in [4.69, 9.17) is 15.0 Å². The third kappa shape index (κ3) is 5.25. The fraction of sp³-hybridized carbons (Fsp3) is 0.471. The van der Waals surface area contributed by atoms with Crippen LogP contribution in [0.3, 0.4) is 0 Å². The Labute approximate surface area is 196 Å². The molecule has 0 radical (unpaired) electrons. The molecule has 1 fully saturated rings. The van der Waals surface area contributed by atoms with Crippen molar-refractivity contribution < 1.29 is 33.7 Å². The summed E-state index contributed by atoms with van der Waals surface area (Å²) in [5, 5.41) is 25.5. The molecule has 4 heterocycles. The fourth-order valence-electron chi connectivity index (χ4n) is 3.59. The number of H-pyrrole nitrogens is 2. The molecule has 0 saturated carbocycles. The SMILES string of the molecule is CN[C@@H](Cc1cnc[nH]1)C(=O)NP(=O)(O)OC[C@H]1O[C@@H](n2cnc3c(=O)[nH]c(N)nc32)[C@H](O)[C@@H]1O. The summed E-state index contributed by atoms with van der Waals surface area (Å²) in [7, 11) is -3.16. The highest BCUT2D eigenvalue weighted by Gasteiger charge is 2.45. The number of carbonyl (C=O) groups excluding carboxylic acids is 1. The number of carbonyl (C=O) groups is 1. The molecule has 4 rings (SSSR count). The first-order valence-electron chi connectivity index (χ1n) is 10.3. The smallest absolute Gasteiger partial charge is 0.387 e. The van der Waals surface area contributed by atoms with E-state index >= 15 is 0 Å². The summed E-state index contributed by atoms with van der Waals surface area (Å²) in [5.41, 5.74) is 5.51. The van der Waals surface area contributed by atoms with Crippen molar-refractivity contribution in [2.45, 2.75) is 37.0 Å². The third-order valence-corrected chi connectivity index (χ3v) is 6.37. The lowest BCUT2D eigenvalue weighted by atomic mass is 10.1. The number of nitrogens with zero attached hydrogens (tertiary/aromatic N) is 4. The number of hydrogen-bond donors (Lipinski definition) is 8. The van der Waals surface area contributed by atoms with Gasteiger partial charge < -0.3 is 35.9 Å². The van der Waals surface area contributed by atoms with Crippen molar-refractivity contribution in [2.24, 2.45) is 0 Å². The molecular weight excluding hydrogens is 489 g/mol. The molecule has 0 spiro atoms. The maximum atomic E-state index is 12.4. The number of ether oxygens (including phenoxy) is 1. The number of anilines is 1. The number of hydrogen-bond acceptors (Lipinski definition) is 12. The highest BCUT2D eigenvalue weighted by atomic mass is 31.2. The molecule has 9 N–H and O–H groups in total. The van der Waals surface area contributed by atoms with Crippen LogP contribution in [0.25, 0.3) is 11.2 Å². The van der Waals surface area contributed by atoms with Gasteiger partial charge in [-0.1, -0.05) is 0 Å². The van der Waals surface area contributed by atoms with E-state index in [-0.39, 0.29) is 23.5 Å². The molecule has 17 nitrogen and oxygen atoms in total. The van der Waals surface area contributed by atoms with Crippen LogP contribution in [0.5, 0.6) is 0 Å². The summed E-state index contributed by atoms with van der Waals surface area (Å²) in [6.07, 6.45) is -1.31. The summed E-state index contributed by atoms with van der Waals surface area (Å²) >= 11 is 0. The molecule has 6 atom stereocenters. The number of rotatable bonds is 9. The highest BCUT2D eigenvalue weighted by molar-refractivity contribution is 7.51. The van der Waals surface area contributed by atoms with Crippen molar-refractivity contribution in [1.29, 1.82) is 0 Å². The quantitative estimate of drug-likeness (QED) is 0.134. The number of aromatic amines is 2. The van der Waals surface area contributed by atoms with Crippen LogP contribution in [0.2, 0.25) is 0 Å². The Balaban J connectivity index is 1.40. The summed E-state index contributed by atoms with van der Waals surface area (Å²) in [5.74, 6) is -1.00. The molecule has 3 aromatic rings. The zero-order valence-corrected chi connectivity index (χ0v) is 19.1. The number of nitrogens with one attached hydrogen (secondary N) is 4. The number of nitrogens with two attached hydrogens (primary N) is 1. The normalized spacial score (nSPS) is 24.9. The van der Waals surface area contributed by atoms with E-state index in [2.05, 4.69) is 30.2 Å². The van der Waals surface area contributed by atoms with Crippen molar-refractivity contribution in [1.82, 2.24) is 39.9 Å². The molecule has 0 bridgehead atoms. The van der Waals surface area contributed by atoms with Gasteiger partial charge in [0.05, 0.1) is 25.3 Å². The first kappa shape index (κ1) is 24.9. The van der Waals surface area contributed by atoms with Crippen molar-refractivity contribution >= 4 is 30.8 Å². The molecule has 0 aromatic carbocycles. The second kappa shape index (κ2) is 9.82. The molecular formula is C17H24N9O8P. The van der Waals surface area contributed by atoms with E-state index in [1.54, 1.807) is 0 Å². The minimum absolute atomic E-state index is 0.000429. The van der Waals surface area contributed by atoms with Crippen LogP contribution in [-0.4, -0.2) is 88.5 Å². The van der Waals surface area contributed by atoms with Gasteiger partial charge in [0, 0.05) is 18.3 Å². The maximum absolute atomic E-state index is 12.4. The van der Waals surface area contributed by atoms with Crippen LogP contribution in [0, 0.1) is 0 Å². The topological polar surface area (TPSA) is 256 Å². The van der Waals surface area contributed by atoms with E-state index in [0.29, 0.717) is 5.69 Å². The minimum Gasteiger partial charge on any atom is -0.387 e. The van der Waals surface area contributed by atoms with Crippen molar-refractivity contribution in [2.75, 3.05) is 19.4 Å². The molecule has 1 saturated heterocycles. The van der Waals surface area contributed by atoms with Crippen molar-refractivity contribution in [3.8, 4) is 0 Å². The number of nitrogen functional groups attached to an aromatic ring is 1. The van der Waals surface area contributed by atoms with Crippen LogP contribution in [0.15, 0.2) is 23.6 Å². The standard InChI is InChI=1S/C17H24N9O8P/c1-19-8(2-7-3-20-5-21-7)14(29)25-35(31,32)33-4-9-11(27)12(28)16(34-9)26-6-22-10-13(26)23-17(18)24-15(10)30/h3,5-6,8-9,11-12,16,19,27-28H,2,4H2,1H3,(H,20,21)(H3,18,23,24,30)(H2,25,29,31,32)/t8-,9+,11+,12+,16+/m0/s1. The van der Waals surface area contributed by atoms with Crippen LogP contribution in [-0.2, 0) is 25.0 Å². The predicted octanol–water partition coefficient (Wildman–Crippen LogP) is -2.89. The van der Waals surface area contributed by atoms with Crippen LogP contribution in [0.4, 0.5) is 5.95 Å². The Morgan fingerprint density at radius 3 is 2.89 bits per heavy atom. The summed E-state index contributed by atoms with van der Waals surface area (Å²) < 4.78 is 24.2. The summed E-state index contributed by atoms with van der Waals surface area (Å²) in [6.45, 7) is -0.656. The molecule has 1 unspecified atom stereocenters. The first-order valence-corrected chi connectivity index (χ1v) is 11.8. The molecule has 1 aliphatic rings. The average molecular weight is 513 g/mol. The monoisotopic (exact) mass is 513 g/mol. The Kier molecular flexibility index (Phi) is 7.00. The number of fused-ring (bicyclic) bond motifs is 1. The lowest BCUT2D eigenvalue weighted by Crippen LogP contribution is -2.43. The fourth-order valence-corrected chi connectivity index (χ4v) is 4.44. The lowest BCUT2D eigenvalue weighted by Gasteiger charge is -2.20. The molecule has 0 aliphatic carbocycles. The summed E-state index contributed by atoms with van der Waals surface area (Å²) in [4.78, 5) is 51.3. The number of aromatic nitrogens is 6. The summed E-state index contributed by atoms with van der Waals surface area (Å²) in [6, 6.07) is -0.864. The Morgan fingerprint density at radius 1 is 1.43 bits per heavy atom. The third-order valence-electron chi connectivity index (χ3n) is 5.37. The van der Waals surface area contributed by atoms with Crippen LogP contribution in [0.1, 0.15) is 11.9 Å². The Hall–Kier alpha value is -3.18. The number of aliphatic hydroxyl groups is 2. The zero-order valence-electron chi connectivity index (χ0n) is 18.2. The number of amides is 1. The second-order valence-corrected chi connectivity index (χ2v) is 9.26. The average Bonchev–Trinajstić information content (AvgIpc) is 3.51. The van der Waals surface area contributed by atoms with Crippen LogP contribution < -0.4 is 21.7 Å². The van der Waals surface area contributed by atoms with Gasteiger partial charge in [-0.2, -0.15) is 4.98 Å². The van der Waals surface area contributed by atoms with Gasteiger partial charge >= 0.3 is 7.75 Å². The Morgan fingerprint density at radius 2 is 2.20 bits per heavy atom. The number of aliphatic hydroxyl groups excluding tert-OH is 2. The molecule has 1 amide bonds. The molecule has 190 valence electrons.